The SMILES string of the molecule is CC(C)C(=O)Nc1ccc(N(C)C)c(CN(C(=O)C(C)(C)C)[C@H](C)C(C)C)c1. The normalized spacial score (nSPS) is 12.9. The average molecular weight is 390 g/mol. The Morgan fingerprint density at radius 1 is 1.04 bits per heavy atom. The molecule has 1 rings (SSSR count). The molecule has 0 aliphatic rings. The van der Waals surface area contributed by atoms with E-state index in [1.807, 2.05) is 76.7 Å². The number of anilines is 2. The quantitative estimate of drug-likeness (QED) is 0.731. The highest BCUT2D eigenvalue weighted by Crippen LogP contribution is 2.29. The molecule has 0 saturated heterocycles. The Balaban J connectivity index is 3.35. The summed E-state index contributed by atoms with van der Waals surface area (Å²) in [5.74, 6) is 0.381. The number of rotatable bonds is 7. The molecule has 5 nitrogen and oxygen atoms in total. The largest absolute Gasteiger partial charge is 0.377 e. The highest BCUT2D eigenvalue weighted by atomic mass is 16.2. The van der Waals surface area contributed by atoms with Crippen molar-refractivity contribution in [2.75, 3.05) is 24.3 Å². The van der Waals surface area contributed by atoms with Crippen molar-refractivity contribution in [3.63, 3.8) is 0 Å². The Labute approximate surface area is 171 Å². The van der Waals surface area contributed by atoms with Crippen molar-refractivity contribution in [2.45, 2.75) is 68.0 Å². The summed E-state index contributed by atoms with van der Waals surface area (Å²) >= 11 is 0. The first-order valence-electron chi connectivity index (χ1n) is 10.2. The number of carbonyl (C=O) groups is 2. The van der Waals surface area contributed by atoms with Crippen LogP contribution in [-0.4, -0.2) is 36.9 Å². The number of carbonyl (C=O) groups excluding carboxylic acids is 2. The highest BCUT2D eigenvalue weighted by Gasteiger charge is 2.32. The Morgan fingerprint density at radius 2 is 1.61 bits per heavy atom. The van der Waals surface area contributed by atoms with Gasteiger partial charge in [0.1, 0.15) is 0 Å². The second kappa shape index (κ2) is 9.44. The topological polar surface area (TPSA) is 52.7 Å². The van der Waals surface area contributed by atoms with E-state index in [1.54, 1.807) is 0 Å². The predicted molar refractivity (Wildman–Crippen MR) is 119 cm³/mol. The highest BCUT2D eigenvalue weighted by molar-refractivity contribution is 5.92. The molecule has 0 aliphatic heterocycles. The molecular weight excluding hydrogens is 350 g/mol. The molecule has 1 aromatic carbocycles. The number of hydrogen-bond donors (Lipinski definition) is 1. The lowest BCUT2D eigenvalue weighted by molar-refractivity contribution is -0.143. The van der Waals surface area contributed by atoms with Crippen LogP contribution in [0.5, 0.6) is 0 Å². The molecule has 0 spiro atoms. The predicted octanol–water partition coefficient (Wildman–Crippen LogP) is 4.77. The van der Waals surface area contributed by atoms with Crippen molar-refractivity contribution in [1.29, 1.82) is 0 Å². The van der Waals surface area contributed by atoms with E-state index in [1.165, 1.54) is 0 Å². The minimum atomic E-state index is -0.453. The lowest BCUT2D eigenvalue weighted by Gasteiger charge is -2.37. The van der Waals surface area contributed by atoms with E-state index in [0.717, 1.165) is 16.9 Å². The zero-order chi connectivity index (χ0) is 21.8. The van der Waals surface area contributed by atoms with Gasteiger partial charge in [-0.25, -0.2) is 0 Å². The maximum Gasteiger partial charge on any atom is 0.228 e. The number of amides is 2. The Kier molecular flexibility index (Phi) is 8.09. The molecule has 0 aromatic heterocycles. The van der Waals surface area contributed by atoms with Crippen molar-refractivity contribution in [1.82, 2.24) is 4.90 Å². The fourth-order valence-electron chi connectivity index (χ4n) is 2.89. The van der Waals surface area contributed by atoms with Gasteiger partial charge >= 0.3 is 0 Å². The van der Waals surface area contributed by atoms with Gasteiger partial charge < -0.3 is 15.1 Å². The molecule has 0 aliphatic carbocycles. The average Bonchev–Trinajstić information content (AvgIpc) is 2.57. The fraction of sp³-hybridized carbons (Fsp3) is 0.652. The van der Waals surface area contributed by atoms with E-state index in [4.69, 9.17) is 0 Å². The first kappa shape index (κ1) is 24.0. The molecule has 2 amide bonds. The zero-order valence-electron chi connectivity index (χ0n) is 19.4. The Morgan fingerprint density at radius 3 is 2.04 bits per heavy atom. The second-order valence-electron chi connectivity index (χ2n) is 9.55. The summed E-state index contributed by atoms with van der Waals surface area (Å²) in [5, 5.41) is 2.97. The standard InChI is InChI=1S/C23H39N3O2/c1-15(2)17(5)26(22(28)23(6,7)8)14-18-13-19(24-21(27)16(3)4)11-12-20(18)25(9)10/h11-13,15-17H,14H2,1-10H3,(H,24,27)/t17-/m1/s1. The van der Waals surface area contributed by atoms with Crippen molar-refractivity contribution in [2.24, 2.45) is 17.3 Å². The van der Waals surface area contributed by atoms with E-state index in [-0.39, 0.29) is 23.8 Å². The molecule has 0 heterocycles. The van der Waals surface area contributed by atoms with Gasteiger partial charge in [-0.1, -0.05) is 48.5 Å². The molecule has 0 fully saturated rings. The summed E-state index contributed by atoms with van der Waals surface area (Å²) in [7, 11) is 3.99. The van der Waals surface area contributed by atoms with Gasteiger partial charge in [-0.2, -0.15) is 0 Å². The molecule has 1 N–H and O–H groups in total. The van der Waals surface area contributed by atoms with Gasteiger partial charge in [-0.15, -0.1) is 0 Å². The molecule has 0 bridgehead atoms. The lowest BCUT2D eigenvalue weighted by Crippen LogP contribution is -2.46. The van der Waals surface area contributed by atoms with Gasteiger partial charge in [0.05, 0.1) is 0 Å². The monoisotopic (exact) mass is 389 g/mol. The lowest BCUT2D eigenvalue weighted by atomic mass is 9.92. The van der Waals surface area contributed by atoms with E-state index >= 15 is 0 Å². The summed E-state index contributed by atoms with van der Waals surface area (Å²) in [6.07, 6.45) is 0. The van der Waals surface area contributed by atoms with Crippen LogP contribution in [0.3, 0.4) is 0 Å². The fourth-order valence-corrected chi connectivity index (χ4v) is 2.89. The molecule has 0 saturated carbocycles. The summed E-state index contributed by atoms with van der Waals surface area (Å²) in [4.78, 5) is 29.3. The van der Waals surface area contributed by atoms with Crippen LogP contribution < -0.4 is 10.2 Å². The maximum absolute atomic E-state index is 13.2. The zero-order valence-corrected chi connectivity index (χ0v) is 19.4. The molecule has 1 aromatic rings. The van der Waals surface area contributed by atoms with Crippen LogP contribution in [0.4, 0.5) is 11.4 Å². The molecule has 5 heteroatoms. The van der Waals surface area contributed by atoms with Crippen LogP contribution in [0.1, 0.15) is 61.0 Å². The maximum atomic E-state index is 13.2. The first-order valence-corrected chi connectivity index (χ1v) is 10.2. The minimum absolute atomic E-state index is 0.0123. The van der Waals surface area contributed by atoms with Crippen LogP contribution in [0.15, 0.2) is 18.2 Å². The Bertz CT molecular complexity index is 688. The van der Waals surface area contributed by atoms with E-state index in [9.17, 15) is 9.59 Å². The van der Waals surface area contributed by atoms with Crippen LogP contribution >= 0.6 is 0 Å². The van der Waals surface area contributed by atoms with Crippen LogP contribution in [-0.2, 0) is 16.1 Å². The van der Waals surface area contributed by atoms with Crippen molar-refractivity contribution >= 4 is 23.2 Å². The summed E-state index contributed by atoms with van der Waals surface area (Å²) in [6, 6.07) is 6.02. The summed E-state index contributed by atoms with van der Waals surface area (Å²) in [6.45, 7) is 16.5. The number of benzene rings is 1. The van der Waals surface area contributed by atoms with Gasteiger partial charge in [0.15, 0.2) is 0 Å². The van der Waals surface area contributed by atoms with Gasteiger partial charge in [-0.3, -0.25) is 9.59 Å². The molecule has 28 heavy (non-hydrogen) atoms. The van der Waals surface area contributed by atoms with Gasteiger partial charge in [0.2, 0.25) is 11.8 Å². The van der Waals surface area contributed by atoms with E-state index < -0.39 is 5.41 Å². The van der Waals surface area contributed by atoms with E-state index in [0.29, 0.717) is 12.5 Å². The second-order valence-corrected chi connectivity index (χ2v) is 9.55. The Hall–Kier alpha value is -2.04. The number of hydrogen-bond acceptors (Lipinski definition) is 3. The summed E-state index contributed by atoms with van der Waals surface area (Å²) < 4.78 is 0. The third kappa shape index (κ3) is 6.25. The number of nitrogens with one attached hydrogen (secondary N) is 1. The van der Waals surface area contributed by atoms with Crippen LogP contribution in [0.25, 0.3) is 0 Å². The van der Waals surface area contributed by atoms with E-state index in [2.05, 4.69) is 26.1 Å². The van der Waals surface area contributed by atoms with Crippen LogP contribution in [0, 0.1) is 17.3 Å². The van der Waals surface area contributed by atoms with Crippen molar-refractivity contribution in [3.8, 4) is 0 Å². The van der Waals surface area contributed by atoms with Gasteiger partial charge in [0, 0.05) is 49.4 Å². The molecule has 0 unspecified atom stereocenters. The third-order valence-electron chi connectivity index (χ3n) is 5.05. The molecule has 1 atom stereocenters. The van der Waals surface area contributed by atoms with Crippen LogP contribution in [0.2, 0.25) is 0 Å². The molecule has 0 radical (unpaired) electrons. The summed E-state index contributed by atoms with van der Waals surface area (Å²) in [5.41, 5.74) is 2.38. The van der Waals surface area contributed by atoms with Gasteiger partial charge in [0.25, 0.3) is 0 Å². The molecule has 158 valence electrons. The van der Waals surface area contributed by atoms with Gasteiger partial charge in [-0.05, 0) is 36.6 Å². The third-order valence-corrected chi connectivity index (χ3v) is 5.05. The molecular formula is C23H39N3O2. The van der Waals surface area contributed by atoms with Crippen molar-refractivity contribution < 1.29 is 9.59 Å². The number of nitrogens with zero attached hydrogens (tertiary/aromatic N) is 2. The minimum Gasteiger partial charge on any atom is -0.377 e. The smallest absolute Gasteiger partial charge is 0.228 e. The first-order chi connectivity index (χ1) is 12.8. The van der Waals surface area contributed by atoms with Crippen molar-refractivity contribution in [3.05, 3.63) is 23.8 Å².